The zero-order valence-corrected chi connectivity index (χ0v) is 13.2. The number of benzene rings is 1. The molecule has 1 aromatic heterocycles. The molecular weight excluding hydrogens is 317 g/mol. The molecule has 0 radical (unpaired) electrons. The van der Waals surface area contributed by atoms with E-state index in [-0.39, 0.29) is 11.5 Å². The number of anilines is 2. The average Bonchev–Trinajstić information content (AvgIpc) is 3.07. The van der Waals surface area contributed by atoms with Crippen molar-refractivity contribution in [2.75, 3.05) is 5.32 Å². The number of hydrogen-bond donors (Lipinski definition) is 1. The van der Waals surface area contributed by atoms with Gasteiger partial charge in [0.1, 0.15) is 6.26 Å². The third kappa shape index (κ3) is 3.63. The van der Waals surface area contributed by atoms with E-state index in [4.69, 9.17) is 0 Å². The fourth-order valence-electron chi connectivity index (χ4n) is 3.24. The summed E-state index contributed by atoms with van der Waals surface area (Å²) in [5.74, 6) is 0.136. The van der Waals surface area contributed by atoms with Crippen molar-refractivity contribution in [1.82, 2.24) is 5.16 Å². The largest absolute Gasteiger partial charge is 0.417 e. The van der Waals surface area contributed by atoms with Gasteiger partial charge in [0.25, 0.3) is 0 Å². The predicted molar refractivity (Wildman–Crippen MR) is 86.8 cm³/mol. The number of halogens is 3. The van der Waals surface area contributed by atoms with Crippen molar-refractivity contribution in [1.29, 1.82) is 0 Å². The number of allylic oxidation sites excluding steroid dienone is 1. The molecule has 0 saturated heterocycles. The highest BCUT2D eigenvalue weighted by Crippen LogP contribution is 2.41. The van der Waals surface area contributed by atoms with Crippen molar-refractivity contribution in [3.8, 4) is 0 Å². The lowest BCUT2D eigenvalue weighted by Crippen LogP contribution is -2.14. The van der Waals surface area contributed by atoms with Crippen molar-refractivity contribution in [2.45, 2.75) is 38.3 Å². The van der Waals surface area contributed by atoms with Gasteiger partial charge in [-0.1, -0.05) is 37.1 Å². The smallest absolute Gasteiger partial charge is 0.363 e. The van der Waals surface area contributed by atoms with E-state index >= 15 is 0 Å². The van der Waals surface area contributed by atoms with Crippen molar-refractivity contribution < 1.29 is 17.7 Å². The maximum Gasteiger partial charge on any atom is 0.417 e. The van der Waals surface area contributed by atoms with E-state index in [1.54, 1.807) is 6.07 Å². The second-order valence-corrected chi connectivity index (χ2v) is 6.16. The molecule has 6 heteroatoms. The Hall–Kier alpha value is -2.24. The Morgan fingerprint density at radius 1 is 1.17 bits per heavy atom. The Balaban J connectivity index is 1.91. The van der Waals surface area contributed by atoms with Crippen LogP contribution in [0.25, 0.3) is 5.57 Å². The summed E-state index contributed by atoms with van der Waals surface area (Å²) in [5.41, 5.74) is 0.982. The molecule has 1 N–H and O–H groups in total. The molecule has 128 valence electrons. The van der Waals surface area contributed by atoms with Gasteiger partial charge in [-0.05, 0) is 42.0 Å². The van der Waals surface area contributed by atoms with Crippen LogP contribution >= 0.6 is 0 Å². The molecule has 24 heavy (non-hydrogen) atoms. The minimum Gasteiger partial charge on any atom is -0.363 e. The molecule has 1 aliphatic rings. The summed E-state index contributed by atoms with van der Waals surface area (Å²) >= 11 is 0. The van der Waals surface area contributed by atoms with Crippen LogP contribution in [0.15, 0.2) is 41.8 Å². The SMILES string of the molecule is C=C(c1ccc(Nc2cnoc2)cc1C(F)(F)F)C1CCCCC1. The standard InChI is InChI=1S/C18H19F3N2O/c1-12(13-5-3-2-4-6-13)16-8-7-14(9-17(16)18(19,20)21)23-15-10-22-24-11-15/h7-11,13,23H,1-6H2. The third-order valence-electron chi connectivity index (χ3n) is 4.49. The minimum atomic E-state index is -4.43. The van der Waals surface area contributed by atoms with Gasteiger partial charge >= 0.3 is 6.18 Å². The Kier molecular flexibility index (Phi) is 4.64. The molecule has 0 unspecified atom stereocenters. The maximum atomic E-state index is 13.5. The molecule has 1 saturated carbocycles. The lowest BCUT2D eigenvalue weighted by atomic mass is 9.80. The van der Waals surface area contributed by atoms with E-state index in [0.29, 0.717) is 16.9 Å². The Morgan fingerprint density at radius 2 is 1.92 bits per heavy atom. The van der Waals surface area contributed by atoms with Crippen LogP contribution in [0.4, 0.5) is 24.5 Å². The Labute approximate surface area is 138 Å². The molecule has 0 spiro atoms. The van der Waals surface area contributed by atoms with Gasteiger partial charge in [-0.25, -0.2) is 0 Å². The molecule has 1 aromatic carbocycles. The molecule has 0 aliphatic heterocycles. The molecule has 0 amide bonds. The molecule has 1 fully saturated rings. The van der Waals surface area contributed by atoms with Crippen molar-refractivity contribution in [2.24, 2.45) is 5.92 Å². The lowest BCUT2D eigenvalue weighted by Gasteiger charge is -2.26. The first-order valence-electron chi connectivity index (χ1n) is 8.02. The van der Waals surface area contributed by atoms with E-state index in [1.807, 2.05) is 0 Å². The van der Waals surface area contributed by atoms with E-state index < -0.39 is 11.7 Å². The molecule has 0 bridgehead atoms. The summed E-state index contributed by atoms with van der Waals surface area (Å²) in [4.78, 5) is 0. The van der Waals surface area contributed by atoms with Crippen LogP contribution in [-0.4, -0.2) is 5.16 Å². The quantitative estimate of drug-likeness (QED) is 0.740. The Bertz CT molecular complexity index is 702. The fourth-order valence-corrected chi connectivity index (χ4v) is 3.24. The van der Waals surface area contributed by atoms with Crippen LogP contribution in [0, 0.1) is 5.92 Å². The first kappa shape index (κ1) is 16.6. The van der Waals surface area contributed by atoms with E-state index in [1.165, 1.54) is 18.5 Å². The van der Waals surface area contributed by atoms with Gasteiger partial charge in [0.05, 0.1) is 17.4 Å². The summed E-state index contributed by atoms with van der Waals surface area (Å²) in [5, 5.41) is 6.38. The molecule has 3 rings (SSSR count). The monoisotopic (exact) mass is 336 g/mol. The van der Waals surface area contributed by atoms with Crippen LogP contribution < -0.4 is 5.32 Å². The van der Waals surface area contributed by atoms with Crippen LogP contribution in [0.2, 0.25) is 0 Å². The van der Waals surface area contributed by atoms with Gasteiger partial charge in [0.15, 0.2) is 0 Å². The van der Waals surface area contributed by atoms with Gasteiger partial charge in [0, 0.05) is 5.69 Å². The zero-order valence-electron chi connectivity index (χ0n) is 13.2. The van der Waals surface area contributed by atoms with Gasteiger partial charge in [0.2, 0.25) is 0 Å². The third-order valence-corrected chi connectivity index (χ3v) is 4.49. The number of aromatic nitrogens is 1. The summed E-state index contributed by atoms with van der Waals surface area (Å²) in [6, 6.07) is 4.26. The summed E-state index contributed by atoms with van der Waals surface area (Å²) < 4.78 is 45.3. The normalized spacial score (nSPS) is 16.1. The molecule has 3 nitrogen and oxygen atoms in total. The minimum absolute atomic E-state index is 0.136. The highest BCUT2D eigenvalue weighted by atomic mass is 19.4. The number of nitrogens with zero attached hydrogens (tertiary/aromatic N) is 1. The predicted octanol–water partition coefficient (Wildman–Crippen LogP) is 6.03. The summed E-state index contributed by atoms with van der Waals surface area (Å²) in [6.45, 7) is 3.98. The van der Waals surface area contributed by atoms with Crippen LogP contribution in [0.3, 0.4) is 0 Å². The van der Waals surface area contributed by atoms with Crippen molar-refractivity contribution >= 4 is 16.9 Å². The van der Waals surface area contributed by atoms with Gasteiger partial charge in [-0.15, -0.1) is 0 Å². The van der Waals surface area contributed by atoms with Crippen LogP contribution in [-0.2, 0) is 6.18 Å². The first-order chi connectivity index (χ1) is 11.4. The zero-order chi connectivity index (χ0) is 17.2. The number of alkyl halides is 3. The topological polar surface area (TPSA) is 38.1 Å². The van der Waals surface area contributed by atoms with E-state index in [9.17, 15) is 13.2 Å². The lowest BCUT2D eigenvalue weighted by molar-refractivity contribution is -0.137. The first-order valence-corrected chi connectivity index (χ1v) is 8.02. The molecule has 1 aliphatic carbocycles. The number of hydrogen-bond acceptors (Lipinski definition) is 3. The number of nitrogens with one attached hydrogen (secondary N) is 1. The Morgan fingerprint density at radius 3 is 2.54 bits per heavy atom. The molecule has 1 heterocycles. The van der Waals surface area contributed by atoms with Crippen LogP contribution in [0.1, 0.15) is 43.2 Å². The van der Waals surface area contributed by atoms with Crippen LogP contribution in [0.5, 0.6) is 0 Å². The van der Waals surface area contributed by atoms with Gasteiger partial charge < -0.3 is 9.84 Å². The van der Waals surface area contributed by atoms with E-state index in [2.05, 4.69) is 21.6 Å². The fraction of sp³-hybridized carbons (Fsp3) is 0.389. The molecular formula is C18H19F3N2O. The van der Waals surface area contributed by atoms with Crippen molar-refractivity contribution in [3.63, 3.8) is 0 Å². The van der Waals surface area contributed by atoms with Gasteiger partial charge in [-0.2, -0.15) is 13.2 Å². The summed E-state index contributed by atoms with van der Waals surface area (Å²) in [6.07, 6.45) is 3.39. The average molecular weight is 336 g/mol. The molecule has 0 atom stereocenters. The second-order valence-electron chi connectivity index (χ2n) is 6.16. The second kappa shape index (κ2) is 6.71. The number of rotatable bonds is 4. The highest BCUT2D eigenvalue weighted by Gasteiger charge is 2.35. The van der Waals surface area contributed by atoms with Crippen molar-refractivity contribution in [3.05, 3.63) is 48.4 Å². The highest BCUT2D eigenvalue weighted by molar-refractivity contribution is 5.72. The maximum absolute atomic E-state index is 13.5. The summed E-state index contributed by atoms with van der Waals surface area (Å²) in [7, 11) is 0. The molecule has 2 aromatic rings. The van der Waals surface area contributed by atoms with Gasteiger partial charge in [-0.3, -0.25) is 0 Å². The van der Waals surface area contributed by atoms with E-state index in [0.717, 1.165) is 38.2 Å².